The van der Waals surface area contributed by atoms with Crippen LogP contribution in [0.2, 0.25) is 0 Å². The van der Waals surface area contributed by atoms with Gasteiger partial charge in [-0.15, -0.1) is 0 Å². The molecule has 4 heteroatoms. The molecule has 0 aliphatic heterocycles. The number of aryl methyl sites for hydroxylation is 2. The zero-order valence-electron chi connectivity index (χ0n) is 11.4. The normalized spacial score (nSPS) is 10.7. The lowest BCUT2D eigenvalue weighted by Crippen LogP contribution is -1.92. The van der Waals surface area contributed by atoms with Gasteiger partial charge in [0.15, 0.2) is 0 Å². The fraction of sp³-hybridized carbons (Fsp3) is 0.125. The fourth-order valence-corrected chi connectivity index (χ4v) is 2.06. The Kier molecular flexibility index (Phi) is 2.99. The molecule has 0 radical (unpaired) electrons. The number of hydrogen-bond donors (Lipinski definition) is 1. The van der Waals surface area contributed by atoms with E-state index in [1.165, 1.54) is 0 Å². The molecule has 2 N–H and O–H groups in total. The third kappa shape index (κ3) is 2.40. The van der Waals surface area contributed by atoms with E-state index in [1.807, 2.05) is 50.2 Å². The first-order chi connectivity index (χ1) is 9.61. The minimum absolute atomic E-state index is 0.731. The average Bonchev–Trinajstić information content (AvgIpc) is 2.42. The van der Waals surface area contributed by atoms with Crippen LogP contribution < -0.4 is 10.5 Å². The number of benzene rings is 2. The number of rotatable bonds is 2. The van der Waals surface area contributed by atoms with Gasteiger partial charge in [0.2, 0.25) is 0 Å². The number of anilines is 1. The second-order valence-corrected chi connectivity index (χ2v) is 4.79. The Hall–Kier alpha value is -2.62. The number of aromatic nitrogens is 2. The van der Waals surface area contributed by atoms with Crippen LogP contribution in [0.3, 0.4) is 0 Å². The highest BCUT2D eigenvalue weighted by atomic mass is 16.5. The first-order valence-electron chi connectivity index (χ1n) is 6.39. The van der Waals surface area contributed by atoms with E-state index in [0.29, 0.717) is 0 Å². The van der Waals surface area contributed by atoms with Crippen LogP contribution in [0.5, 0.6) is 11.5 Å². The monoisotopic (exact) mass is 265 g/mol. The first-order valence-corrected chi connectivity index (χ1v) is 6.39. The van der Waals surface area contributed by atoms with Crippen LogP contribution in [0.15, 0.2) is 42.6 Å². The Morgan fingerprint density at radius 3 is 2.65 bits per heavy atom. The highest BCUT2D eigenvalue weighted by Gasteiger charge is 2.04. The molecule has 100 valence electrons. The smallest absolute Gasteiger partial charge is 0.130 e. The van der Waals surface area contributed by atoms with Crippen LogP contribution in [0, 0.1) is 13.8 Å². The standard InChI is InChI=1S/C16H15N3O/c1-10-7-12(17)3-6-16(10)20-13-4-5-14-15(8-13)18-9-11(2)19-14/h3-9H,17H2,1-2H3. The molecule has 4 nitrogen and oxygen atoms in total. The molecule has 0 saturated heterocycles. The van der Waals surface area contributed by atoms with Crippen molar-refractivity contribution in [2.45, 2.75) is 13.8 Å². The van der Waals surface area contributed by atoms with Crippen LogP contribution in [0.4, 0.5) is 5.69 Å². The van der Waals surface area contributed by atoms with Crippen molar-refractivity contribution in [3.05, 3.63) is 53.9 Å². The van der Waals surface area contributed by atoms with Gasteiger partial charge in [-0.2, -0.15) is 0 Å². The van der Waals surface area contributed by atoms with Gasteiger partial charge >= 0.3 is 0 Å². The molecule has 3 rings (SSSR count). The van der Waals surface area contributed by atoms with Gasteiger partial charge in [0.1, 0.15) is 11.5 Å². The Morgan fingerprint density at radius 1 is 1.00 bits per heavy atom. The predicted molar refractivity (Wildman–Crippen MR) is 79.9 cm³/mol. The van der Waals surface area contributed by atoms with Crippen molar-refractivity contribution in [1.82, 2.24) is 9.97 Å². The van der Waals surface area contributed by atoms with E-state index in [-0.39, 0.29) is 0 Å². The summed E-state index contributed by atoms with van der Waals surface area (Å²) in [4.78, 5) is 8.78. The summed E-state index contributed by atoms with van der Waals surface area (Å²) in [7, 11) is 0. The third-order valence-electron chi connectivity index (χ3n) is 3.06. The van der Waals surface area contributed by atoms with Gasteiger partial charge in [0.05, 0.1) is 16.7 Å². The maximum atomic E-state index is 5.88. The number of ether oxygens (including phenoxy) is 1. The van der Waals surface area contributed by atoms with E-state index in [4.69, 9.17) is 10.5 Å². The van der Waals surface area contributed by atoms with Crippen LogP contribution in [-0.2, 0) is 0 Å². The quantitative estimate of drug-likeness (QED) is 0.719. The summed E-state index contributed by atoms with van der Waals surface area (Å²) in [5.74, 6) is 1.53. The SMILES string of the molecule is Cc1cnc2cc(Oc3ccc(N)cc3C)ccc2n1. The molecule has 0 fully saturated rings. The van der Waals surface area contributed by atoms with Gasteiger partial charge in [0.25, 0.3) is 0 Å². The second kappa shape index (κ2) is 4.81. The Balaban J connectivity index is 1.96. The van der Waals surface area contributed by atoms with Gasteiger partial charge < -0.3 is 10.5 Å². The molecule has 0 amide bonds. The van der Waals surface area contributed by atoms with Crippen molar-refractivity contribution >= 4 is 16.7 Å². The van der Waals surface area contributed by atoms with E-state index in [1.54, 1.807) is 6.20 Å². The Labute approximate surface area is 117 Å². The molecule has 0 aliphatic carbocycles. The zero-order valence-corrected chi connectivity index (χ0v) is 11.4. The highest BCUT2D eigenvalue weighted by Crippen LogP contribution is 2.28. The molecule has 0 atom stereocenters. The number of hydrogen-bond acceptors (Lipinski definition) is 4. The van der Waals surface area contributed by atoms with Gasteiger partial charge in [-0.25, -0.2) is 4.98 Å². The summed E-state index contributed by atoms with van der Waals surface area (Å²) < 4.78 is 5.88. The molecule has 0 saturated carbocycles. The molecule has 20 heavy (non-hydrogen) atoms. The minimum atomic E-state index is 0.731. The molecule has 0 aliphatic rings. The molecule has 1 aromatic heterocycles. The van der Waals surface area contributed by atoms with E-state index in [9.17, 15) is 0 Å². The number of nitrogens with two attached hydrogens (primary N) is 1. The topological polar surface area (TPSA) is 61.0 Å². The molecule has 0 unspecified atom stereocenters. The van der Waals surface area contributed by atoms with Crippen LogP contribution in [0.1, 0.15) is 11.3 Å². The lowest BCUT2D eigenvalue weighted by molar-refractivity contribution is 0.479. The minimum Gasteiger partial charge on any atom is -0.457 e. The Morgan fingerprint density at radius 2 is 1.85 bits per heavy atom. The summed E-state index contributed by atoms with van der Waals surface area (Å²) in [6, 6.07) is 11.3. The predicted octanol–water partition coefficient (Wildman–Crippen LogP) is 3.62. The van der Waals surface area contributed by atoms with E-state index in [0.717, 1.165) is 39.5 Å². The maximum absolute atomic E-state index is 5.88. The van der Waals surface area contributed by atoms with Crippen molar-refractivity contribution in [2.24, 2.45) is 0 Å². The van der Waals surface area contributed by atoms with Gasteiger partial charge in [-0.3, -0.25) is 4.98 Å². The van der Waals surface area contributed by atoms with Crippen molar-refractivity contribution < 1.29 is 4.74 Å². The molecule has 3 aromatic rings. The number of nitrogen functional groups attached to an aromatic ring is 1. The Bertz CT molecular complexity index is 784. The summed E-state index contributed by atoms with van der Waals surface area (Å²) in [6.45, 7) is 3.89. The summed E-state index contributed by atoms with van der Waals surface area (Å²) in [5, 5.41) is 0. The fourth-order valence-electron chi connectivity index (χ4n) is 2.06. The molecular formula is C16H15N3O. The summed E-state index contributed by atoms with van der Waals surface area (Å²) in [5.41, 5.74) is 10.1. The van der Waals surface area contributed by atoms with Gasteiger partial charge in [0, 0.05) is 18.0 Å². The van der Waals surface area contributed by atoms with Crippen LogP contribution in [-0.4, -0.2) is 9.97 Å². The van der Waals surface area contributed by atoms with E-state index in [2.05, 4.69) is 9.97 Å². The van der Waals surface area contributed by atoms with Crippen molar-refractivity contribution in [3.8, 4) is 11.5 Å². The lowest BCUT2D eigenvalue weighted by Gasteiger charge is -2.09. The molecule has 0 spiro atoms. The van der Waals surface area contributed by atoms with E-state index >= 15 is 0 Å². The van der Waals surface area contributed by atoms with Crippen molar-refractivity contribution in [3.63, 3.8) is 0 Å². The van der Waals surface area contributed by atoms with Crippen molar-refractivity contribution in [1.29, 1.82) is 0 Å². The largest absolute Gasteiger partial charge is 0.457 e. The first kappa shape index (κ1) is 12.4. The molecule has 1 heterocycles. The van der Waals surface area contributed by atoms with Crippen LogP contribution >= 0.6 is 0 Å². The van der Waals surface area contributed by atoms with Gasteiger partial charge in [-0.05, 0) is 49.7 Å². The second-order valence-electron chi connectivity index (χ2n) is 4.79. The molecular weight excluding hydrogens is 250 g/mol. The van der Waals surface area contributed by atoms with Gasteiger partial charge in [-0.1, -0.05) is 0 Å². The molecule has 0 bridgehead atoms. The van der Waals surface area contributed by atoms with E-state index < -0.39 is 0 Å². The highest BCUT2D eigenvalue weighted by molar-refractivity contribution is 5.75. The zero-order chi connectivity index (χ0) is 14.1. The molecule has 2 aromatic carbocycles. The van der Waals surface area contributed by atoms with Crippen LogP contribution in [0.25, 0.3) is 11.0 Å². The van der Waals surface area contributed by atoms with Crippen molar-refractivity contribution in [2.75, 3.05) is 5.73 Å². The maximum Gasteiger partial charge on any atom is 0.130 e. The summed E-state index contributed by atoms with van der Waals surface area (Å²) >= 11 is 0. The number of fused-ring (bicyclic) bond motifs is 1. The number of nitrogens with zero attached hydrogens (tertiary/aromatic N) is 2. The third-order valence-corrected chi connectivity index (χ3v) is 3.06. The average molecular weight is 265 g/mol. The summed E-state index contributed by atoms with van der Waals surface area (Å²) in [6.07, 6.45) is 1.75. The lowest BCUT2D eigenvalue weighted by atomic mass is 10.2.